The van der Waals surface area contributed by atoms with E-state index < -0.39 is 0 Å². The van der Waals surface area contributed by atoms with Gasteiger partial charge in [-0.25, -0.2) is 4.39 Å². The Kier molecular flexibility index (Phi) is 4.51. The summed E-state index contributed by atoms with van der Waals surface area (Å²) in [6.45, 7) is 0.785. The Morgan fingerprint density at radius 1 is 1.47 bits per heavy atom. The second-order valence-electron chi connectivity index (χ2n) is 3.96. The molecule has 84 valence electrons. The SMILES string of the molecule is CN(C)CC(N)Cc1ccc(F)cc1Cl. The molecule has 0 amide bonds. The minimum absolute atomic E-state index is 0.0166. The van der Waals surface area contributed by atoms with Gasteiger partial charge in [-0.05, 0) is 38.2 Å². The molecule has 2 N–H and O–H groups in total. The van der Waals surface area contributed by atoms with Crippen molar-refractivity contribution < 1.29 is 4.39 Å². The Labute approximate surface area is 94.8 Å². The Balaban J connectivity index is 2.64. The third kappa shape index (κ3) is 4.16. The van der Waals surface area contributed by atoms with Crippen molar-refractivity contribution in [3.05, 3.63) is 34.6 Å². The summed E-state index contributed by atoms with van der Waals surface area (Å²) >= 11 is 5.90. The van der Waals surface area contributed by atoms with Crippen LogP contribution < -0.4 is 5.73 Å². The standard InChI is InChI=1S/C11H16ClFN2/c1-15(2)7-10(14)5-8-3-4-9(13)6-11(8)12/h3-4,6,10H,5,7,14H2,1-2H3. The molecule has 4 heteroatoms. The van der Waals surface area contributed by atoms with E-state index in [1.54, 1.807) is 6.07 Å². The number of hydrogen-bond donors (Lipinski definition) is 1. The third-order valence-corrected chi connectivity index (χ3v) is 2.45. The molecule has 0 fully saturated rings. The summed E-state index contributed by atoms with van der Waals surface area (Å²) in [6.07, 6.45) is 0.664. The monoisotopic (exact) mass is 230 g/mol. The number of hydrogen-bond acceptors (Lipinski definition) is 2. The molecule has 0 saturated heterocycles. The summed E-state index contributed by atoms with van der Waals surface area (Å²) in [5, 5.41) is 0.448. The van der Waals surface area contributed by atoms with Crippen LogP contribution in [0.3, 0.4) is 0 Å². The van der Waals surface area contributed by atoms with Crippen LogP contribution in [0.25, 0.3) is 0 Å². The molecule has 0 aliphatic rings. The lowest BCUT2D eigenvalue weighted by Crippen LogP contribution is -2.34. The summed E-state index contributed by atoms with van der Waals surface area (Å²) in [5.74, 6) is -0.315. The van der Waals surface area contributed by atoms with Crippen LogP contribution in [0.5, 0.6) is 0 Å². The molecule has 1 rings (SSSR count). The average Bonchev–Trinajstić information content (AvgIpc) is 2.08. The lowest BCUT2D eigenvalue weighted by Gasteiger charge is -2.17. The fraction of sp³-hybridized carbons (Fsp3) is 0.455. The van der Waals surface area contributed by atoms with E-state index in [0.29, 0.717) is 11.4 Å². The van der Waals surface area contributed by atoms with E-state index in [0.717, 1.165) is 12.1 Å². The second-order valence-corrected chi connectivity index (χ2v) is 4.37. The average molecular weight is 231 g/mol. The summed E-state index contributed by atoms with van der Waals surface area (Å²) in [4.78, 5) is 2.02. The minimum atomic E-state index is -0.315. The van der Waals surface area contributed by atoms with E-state index in [1.807, 2.05) is 19.0 Å². The van der Waals surface area contributed by atoms with Crippen LogP contribution in [0.1, 0.15) is 5.56 Å². The Hall–Kier alpha value is -0.640. The van der Waals surface area contributed by atoms with E-state index in [1.165, 1.54) is 12.1 Å². The van der Waals surface area contributed by atoms with Gasteiger partial charge in [0.2, 0.25) is 0 Å². The van der Waals surface area contributed by atoms with E-state index in [2.05, 4.69) is 0 Å². The number of nitrogens with two attached hydrogens (primary N) is 1. The van der Waals surface area contributed by atoms with Crippen molar-refractivity contribution in [2.75, 3.05) is 20.6 Å². The fourth-order valence-corrected chi connectivity index (χ4v) is 1.75. The van der Waals surface area contributed by atoms with E-state index >= 15 is 0 Å². The molecule has 2 nitrogen and oxygen atoms in total. The molecule has 0 radical (unpaired) electrons. The van der Waals surface area contributed by atoms with E-state index in [-0.39, 0.29) is 11.9 Å². The molecule has 1 atom stereocenters. The highest BCUT2D eigenvalue weighted by atomic mass is 35.5. The second kappa shape index (κ2) is 5.45. The van der Waals surface area contributed by atoms with E-state index in [9.17, 15) is 4.39 Å². The molecule has 0 aliphatic carbocycles. The number of nitrogens with zero attached hydrogens (tertiary/aromatic N) is 1. The van der Waals surface area contributed by atoms with Gasteiger partial charge in [0.25, 0.3) is 0 Å². The van der Waals surface area contributed by atoms with Crippen molar-refractivity contribution in [1.29, 1.82) is 0 Å². The summed E-state index contributed by atoms with van der Waals surface area (Å²) in [5.41, 5.74) is 6.82. The highest BCUT2D eigenvalue weighted by Gasteiger charge is 2.08. The zero-order valence-electron chi connectivity index (χ0n) is 9.00. The first-order valence-electron chi connectivity index (χ1n) is 4.83. The Morgan fingerprint density at radius 2 is 2.13 bits per heavy atom. The topological polar surface area (TPSA) is 29.3 Å². The normalized spacial score (nSPS) is 13.2. The van der Waals surface area contributed by atoms with Crippen LogP contribution in [0, 0.1) is 5.82 Å². The van der Waals surface area contributed by atoms with Crippen LogP contribution in [0.4, 0.5) is 4.39 Å². The smallest absolute Gasteiger partial charge is 0.124 e. The van der Waals surface area contributed by atoms with Gasteiger partial charge in [0.1, 0.15) is 5.82 Å². The number of benzene rings is 1. The molecule has 1 aromatic rings. The summed E-state index contributed by atoms with van der Waals surface area (Å²) in [6, 6.07) is 4.43. The van der Waals surface area contributed by atoms with Crippen LogP contribution in [0.15, 0.2) is 18.2 Å². The van der Waals surface area contributed by atoms with Gasteiger partial charge in [-0.15, -0.1) is 0 Å². The molecule has 0 spiro atoms. The van der Waals surface area contributed by atoms with Gasteiger partial charge in [0.05, 0.1) is 0 Å². The highest BCUT2D eigenvalue weighted by molar-refractivity contribution is 6.31. The van der Waals surface area contributed by atoms with Crippen molar-refractivity contribution in [3.63, 3.8) is 0 Å². The van der Waals surface area contributed by atoms with Crippen molar-refractivity contribution in [1.82, 2.24) is 4.90 Å². The fourth-order valence-electron chi connectivity index (χ4n) is 1.50. The predicted octanol–water partition coefficient (Wildman–Crippen LogP) is 1.91. The van der Waals surface area contributed by atoms with Gasteiger partial charge < -0.3 is 10.6 Å². The van der Waals surface area contributed by atoms with Crippen LogP contribution in [-0.4, -0.2) is 31.6 Å². The number of likely N-dealkylation sites (N-methyl/N-ethyl adjacent to an activating group) is 1. The van der Waals surface area contributed by atoms with Gasteiger partial charge in [-0.1, -0.05) is 17.7 Å². The quantitative estimate of drug-likeness (QED) is 0.856. The van der Waals surface area contributed by atoms with E-state index in [4.69, 9.17) is 17.3 Å². The first kappa shape index (κ1) is 12.4. The number of rotatable bonds is 4. The number of halogens is 2. The van der Waals surface area contributed by atoms with Gasteiger partial charge in [0.15, 0.2) is 0 Å². The first-order chi connectivity index (χ1) is 6.99. The minimum Gasteiger partial charge on any atom is -0.326 e. The third-order valence-electron chi connectivity index (χ3n) is 2.10. The maximum absolute atomic E-state index is 12.8. The first-order valence-corrected chi connectivity index (χ1v) is 5.21. The predicted molar refractivity (Wildman–Crippen MR) is 61.6 cm³/mol. The molecule has 15 heavy (non-hydrogen) atoms. The van der Waals surface area contributed by atoms with Gasteiger partial charge in [-0.2, -0.15) is 0 Å². The van der Waals surface area contributed by atoms with Crippen LogP contribution >= 0.6 is 11.6 Å². The van der Waals surface area contributed by atoms with Gasteiger partial charge >= 0.3 is 0 Å². The van der Waals surface area contributed by atoms with Crippen LogP contribution in [-0.2, 0) is 6.42 Å². The molecule has 1 aromatic carbocycles. The van der Waals surface area contributed by atoms with Crippen molar-refractivity contribution in [2.45, 2.75) is 12.5 Å². The maximum atomic E-state index is 12.8. The largest absolute Gasteiger partial charge is 0.326 e. The lowest BCUT2D eigenvalue weighted by atomic mass is 10.1. The molecule has 1 unspecified atom stereocenters. The van der Waals surface area contributed by atoms with Crippen molar-refractivity contribution in [2.24, 2.45) is 5.73 Å². The molecular formula is C11H16ClFN2. The highest BCUT2D eigenvalue weighted by Crippen LogP contribution is 2.18. The van der Waals surface area contributed by atoms with Crippen molar-refractivity contribution in [3.8, 4) is 0 Å². The zero-order valence-corrected chi connectivity index (χ0v) is 9.76. The lowest BCUT2D eigenvalue weighted by molar-refractivity contribution is 0.371. The Morgan fingerprint density at radius 3 is 2.67 bits per heavy atom. The molecule has 0 bridgehead atoms. The van der Waals surface area contributed by atoms with Gasteiger partial charge in [0, 0.05) is 17.6 Å². The zero-order chi connectivity index (χ0) is 11.4. The van der Waals surface area contributed by atoms with Crippen LogP contribution in [0.2, 0.25) is 5.02 Å². The van der Waals surface area contributed by atoms with Crippen molar-refractivity contribution >= 4 is 11.6 Å². The Bertz CT molecular complexity index is 328. The molecular weight excluding hydrogens is 215 g/mol. The maximum Gasteiger partial charge on any atom is 0.124 e. The molecule has 0 aliphatic heterocycles. The molecule has 0 heterocycles. The summed E-state index contributed by atoms with van der Waals surface area (Å²) in [7, 11) is 3.93. The summed E-state index contributed by atoms with van der Waals surface area (Å²) < 4.78 is 12.8. The van der Waals surface area contributed by atoms with Gasteiger partial charge in [-0.3, -0.25) is 0 Å². The molecule has 0 aromatic heterocycles. The molecule has 0 saturated carbocycles.